The minimum atomic E-state index is 0.715. The lowest BCUT2D eigenvalue weighted by molar-refractivity contribution is 1.17. The Bertz CT molecular complexity index is 3580. The second-order valence-corrected chi connectivity index (χ2v) is 15.4. The van der Waals surface area contributed by atoms with Crippen molar-refractivity contribution in [3.8, 4) is 56.3 Å². The summed E-state index contributed by atoms with van der Waals surface area (Å²) in [4.78, 5) is 10.1. The van der Waals surface area contributed by atoms with Crippen LogP contribution in [0.25, 0.3) is 111 Å². The van der Waals surface area contributed by atoms with Gasteiger partial charge >= 0.3 is 0 Å². The van der Waals surface area contributed by atoms with Gasteiger partial charge in [-0.15, -0.1) is 0 Å². The molecule has 60 heavy (non-hydrogen) atoms. The molecule has 12 rings (SSSR count). The van der Waals surface area contributed by atoms with Crippen LogP contribution < -0.4 is 0 Å². The van der Waals surface area contributed by atoms with Gasteiger partial charge in [-0.1, -0.05) is 133 Å². The van der Waals surface area contributed by atoms with Gasteiger partial charge in [0.1, 0.15) is 0 Å². The maximum Gasteiger partial charge on any atom is 0.160 e. The fourth-order valence-electron chi connectivity index (χ4n) is 9.10. The van der Waals surface area contributed by atoms with Crippen molar-refractivity contribution in [3.63, 3.8) is 0 Å². The molecular formula is C56H36N4. The van der Waals surface area contributed by atoms with Crippen molar-refractivity contribution < 1.29 is 0 Å². The summed E-state index contributed by atoms with van der Waals surface area (Å²) in [6.45, 7) is 0. The Hall–Kier alpha value is -8.08. The maximum absolute atomic E-state index is 5.12. The third kappa shape index (κ3) is 5.53. The van der Waals surface area contributed by atoms with Gasteiger partial charge in [0, 0.05) is 49.4 Å². The number of para-hydroxylation sites is 4. The van der Waals surface area contributed by atoms with Crippen molar-refractivity contribution >= 4 is 54.5 Å². The number of nitrogens with zero attached hydrogens (tertiary/aromatic N) is 4. The van der Waals surface area contributed by atoms with Gasteiger partial charge in [-0.2, -0.15) is 0 Å². The number of hydrogen-bond donors (Lipinski definition) is 0. The van der Waals surface area contributed by atoms with E-state index in [0.29, 0.717) is 5.82 Å². The van der Waals surface area contributed by atoms with E-state index in [9.17, 15) is 0 Å². The summed E-state index contributed by atoms with van der Waals surface area (Å²) in [6.07, 6.45) is 0. The van der Waals surface area contributed by atoms with Crippen LogP contribution in [0.5, 0.6) is 0 Å². The van der Waals surface area contributed by atoms with Crippen molar-refractivity contribution in [2.75, 3.05) is 0 Å². The average Bonchev–Trinajstić information content (AvgIpc) is 3.84. The first-order valence-electron chi connectivity index (χ1n) is 20.4. The van der Waals surface area contributed by atoms with E-state index in [4.69, 9.17) is 9.97 Å². The zero-order valence-corrected chi connectivity index (χ0v) is 32.6. The molecule has 0 radical (unpaired) electrons. The fourth-order valence-corrected chi connectivity index (χ4v) is 9.10. The highest BCUT2D eigenvalue weighted by molar-refractivity contribution is 6.12. The van der Waals surface area contributed by atoms with Crippen LogP contribution in [0, 0.1) is 0 Å². The zero-order chi connectivity index (χ0) is 39.6. The Labute approximate surface area is 346 Å². The second-order valence-electron chi connectivity index (χ2n) is 15.4. The summed E-state index contributed by atoms with van der Waals surface area (Å²) in [5.41, 5.74) is 15.7. The first-order chi connectivity index (χ1) is 29.7. The molecule has 0 saturated carbocycles. The van der Waals surface area contributed by atoms with Crippen LogP contribution in [-0.4, -0.2) is 19.1 Å². The quantitative estimate of drug-likeness (QED) is 0.169. The predicted molar refractivity (Wildman–Crippen MR) is 250 cm³/mol. The standard InChI is InChI=1S/C56H36N4/c1-3-14-37(15-4-1)55-47-22-7-10-23-50(47)57-56(58-55)38-26-30-44(31-27-38)60-52-25-12-9-21-46(52)49-36-42(29-33-54(49)60)40-17-13-16-39(34-40)41-28-32-53-48(35-41)45-20-8-11-24-51(45)59(53)43-18-5-2-6-19-43/h1-36H. The topological polar surface area (TPSA) is 35.6 Å². The smallest absolute Gasteiger partial charge is 0.160 e. The Morgan fingerprint density at radius 2 is 0.717 bits per heavy atom. The van der Waals surface area contributed by atoms with Crippen LogP contribution in [0.15, 0.2) is 218 Å². The Morgan fingerprint density at radius 3 is 1.33 bits per heavy atom. The van der Waals surface area contributed by atoms with Crippen molar-refractivity contribution in [2.24, 2.45) is 0 Å². The van der Waals surface area contributed by atoms with E-state index in [-0.39, 0.29) is 0 Å². The molecule has 3 aromatic heterocycles. The monoisotopic (exact) mass is 764 g/mol. The van der Waals surface area contributed by atoms with Gasteiger partial charge in [-0.05, 0) is 107 Å². The Balaban J connectivity index is 0.921. The van der Waals surface area contributed by atoms with Crippen LogP contribution in [0.4, 0.5) is 0 Å². The number of benzene rings is 9. The van der Waals surface area contributed by atoms with Crippen LogP contribution >= 0.6 is 0 Å². The van der Waals surface area contributed by atoms with Crippen LogP contribution in [0.2, 0.25) is 0 Å². The van der Waals surface area contributed by atoms with E-state index in [1.165, 1.54) is 66.0 Å². The summed E-state index contributed by atoms with van der Waals surface area (Å²) >= 11 is 0. The molecule has 9 aromatic carbocycles. The van der Waals surface area contributed by atoms with Crippen LogP contribution in [0.1, 0.15) is 0 Å². The molecule has 0 aliphatic rings. The third-order valence-corrected chi connectivity index (χ3v) is 11.9. The summed E-state index contributed by atoms with van der Waals surface area (Å²) < 4.78 is 4.73. The molecule has 0 bridgehead atoms. The first kappa shape index (κ1) is 34.0. The summed E-state index contributed by atoms with van der Waals surface area (Å²) in [6, 6.07) is 78.1. The summed E-state index contributed by atoms with van der Waals surface area (Å²) in [5.74, 6) is 0.715. The maximum atomic E-state index is 5.12. The SMILES string of the molecule is c1ccc(-c2nc(-c3ccc(-n4c5ccccc5c5cc(-c6cccc(-c7ccc8c(c7)c7ccccc7n8-c7ccccc7)c6)ccc54)cc3)nc3ccccc23)cc1. The highest BCUT2D eigenvalue weighted by Gasteiger charge is 2.17. The van der Waals surface area contributed by atoms with Gasteiger partial charge in [-0.3, -0.25) is 0 Å². The van der Waals surface area contributed by atoms with E-state index in [2.05, 4.69) is 209 Å². The first-order valence-corrected chi connectivity index (χ1v) is 20.4. The lowest BCUT2D eigenvalue weighted by Gasteiger charge is -2.11. The molecule has 0 saturated heterocycles. The summed E-state index contributed by atoms with van der Waals surface area (Å²) in [7, 11) is 0. The molecule has 0 spiro atoms. The van der Waals surface area contributed by atoms with E-state index in [1.807, 2.05) is 18.2 Å². The molecule has 0 amide bonds. The van der Waals surface area contributed by atoms with E-state index in [0.717, 1.165) is 38.9 Å². The van der Waals surface area contributed by atoms with Gasteiger partial charge < -0.3 is 9.13 Å². The molecule has 0 atom stereocenters. The molecule has 0 N–H and O–H groups in total. The lowest BCUT2D eigenvalue weighted by atomic mass is 9.97. The molecular weight excluding hydrogens is 729 g/mol. The molecule has 4 nitrogen and oxygen atoms in total. The number of rotatable bonds is 6. The highest BCUT2D eigenvalue weighted by Crippen LogP contribution is 2.39. The van der Waals surface area contributed by atoms with Crippen LogP contribution in [-0.2, 0) is 0 Å². The minimum absolute atomic E-state index is 0.715. The van der Waals surface area contributed by atoms with Gasteiger partial charge in [0.25, 0.3) is 0 Å². The molecule has 0 unspecified atom stereocenters. The van der Waals surface area contributed by atoms with E-state index in [1.54, 1.807) is 0 Å². The van der Waals surface area contributed by atoms with E-state index < -0.39 is 0 Å². The van der Waals surface area contributed by atoms with Crippen LogP contribution in [0.3, 0.4) is 0 Å². The summed E-state index contributed by atoms with van der Waals surface area (Å²) in [5, 5.41) is 6.00. The second kappa shape index (κ2) is 13.8. The predicted octanol–water partition coefficient (Wildman–Crippen LogP) is 14.5. The number of hydrogen-bond acceptors (Lipinski definition) is 2. The lowest BCUT2D eigenvalue weighted by Crippen LogP contribution is -1.97. The van der Waals surface area contributed by atoms with Crippen molar-refractivity contribution in [1.82, 2.24) is 19.1 Å². The van der Waals surface area contributed by atoms with Gasteiger partial charge in [0.05, 0.1) is 33.3 Å². The average molecular weight is 765 g/mol. The zero-order valence-electron chi connectivity index (χ0n) is 32.6. The van der Waals surface area contributed by atoms with Crippen molar-refractivity contribution in [3.05, 3.63) is 218 Å². The molecule has 4 heteroatoms. The number of aromatic nitrogens is 4. The molecule has 0 fully saturated rings. The Kier molecular flexibility index (Phi) is 7.82. The molecule has 280 valence electrons. The minimum Gasteiger partial charge on any atom is -0.309 e. The van der Waals surface area contributed by atoms with Gasteiger partial charge in [0.15, 0.2) is 5.82 Å². The molecule has 3 heterocycles. The Morgan fingerprint density at radius 1 is 0.267 bits per heavy atom. The van der Waals surface area contributed by atoms with Gasteiger partial charge in [0.2, 0.25) is 0 Å². The molecule has 0 aliphatic carbocycles. The van der Waals surface area contributed by atoms with Crippen molar-refractivity contribution in [2.45, 2.75) is 0 Å². The van der Waals surface area contributed by atoms with E-state index >= 15 is 0 Å². The normalized spacial score (nSPS) is 11.7. The molecule has 12 aromatic rings. The van der Waals surface area contributed by atoms with Gasteiger partial charge in [-0.25, -0.2) is 9.97 Å². The third-order valence-electron chi connectivity index (χ3n) is 11.9. The van der Waals surface area contributed by atoms with Crippen molar-refractivity contribution in [1.29, 1.82) is 0 Å². The largest absolute Gasteiger partial charge is 0.309 e. The highest BCUT2D eigenvalue weighted by atomic mass is 15.0. The fraction of sp³-hybridized carbons (Fsp3) is 0. The number of fused-ring (bicyclic) bond motifs is 7. The molecule has 0 aliphatic heterocycles.